The molecule has 1 aliphatic heterocycles. The molecule has 60 valence electrons. The van der Waals surface area contributed by atoms with Crippen molar-refractivity contribution in [2.75, 3.05) is 0 Å². The minimum atomic E-state index is 1.08. The molecule has 0 saturated carbocycles. The number of hydrogen-bond donors (Lipinski definition) is 0. The van der Waals surface area contributed by atoms with Gasteiger partial charge in [0.15, 0.2) is 0 Å². The minimum absolute atomic E-state index is 1.08. The van der Waals surface area contributed by atoms with Crippen molar-refractivity contribution in [2.24, 2.45) is 0 Å². The molecule has 0 N–H and O–H groups in total. The summed E-state index contributed by atoms with van der Waals surface area (Å²) < 4.78 is 5.11. The van der Waals surface area contributed by atoms with E-state index < -0.39 is 0 Å². The summed E-state index contributed by atoms with van der Waals surface area (Å²) in [5.41, 5.74) is 3.75. The maximum absolute atomic E-state index is 5.11. The highest BCUT2D eigenvalue weighted by Gasteiger charge is 2.06. The van der Waals surface area contributed by atoms with Crippen molar-refractivity contribution in [3.63, 3.8) is 0 Å². The molecule has 0 aromatic carbocycles. The first-order valence-corrected chi connectivity index (χ1v) is 3.95. The van der Waals surface area contributed by atoms with Crippen molar-refractivity contribution in [1.29, 1.82) is 0 Å². The Morgan fingerprint density at radius 2 is 1.82 bits per heavy atom. The maximum atomic E-state index is 5.11. The first-order valence-electron chi connectivity index (χ1n) is 3.95. The summed E-state index contributed by atoms with van der Waals surface area (Å²) in [4.78, 5) is 0. The average molecular weight is 150 g/mol. The van der Waals surface area contributed by atoms with Crippen LogP contribution in [-0.2, 0) is 4.74 Å². The molecule has 0 radical (unpaired) electrons. The van der Waals surface area contributed by atoms with Crippen LogP contribution in [0.3, 0.4) is 0 Å². The van der Waals surface area contributed by atoms with E-state index in [0.29, 0.717) is 0 Å². The second kappa shape index (κ2) is 3.42. The zero-order chi connectivity index (χ0) is 8.27. The van der Waals surface area contributed by atoms with Crippen molar-refractivity contribution in [3.8, 4) is 0 Å². The summed E-state index contributed by atoms with van der Waals surface area (Å²) in [6, 6.07) is 0. The van der Waals surface area contributed by atoms with Gasteiger partial charge in [-0.05, 0) is 37.0 Å². The van der Waals surface area contributed by atoms with Crippen molar-refractivity contribution in [2.45, 2.75) is 27.2 Å². The molecule has 0 aromatic rings. The second-order valence-corrected chi connectivity index (χ2v) is 2.76. The first-order chi connectivity index (χ1) is 5.25. The summed E-state index contributed by atoms with van der Waals surface area (Å²) in [6.07, 6.45) is 6.87. The smallest absolute Gasteiger partial charge is 0.0936 e. The van der Waals surface area contributed by atoms with Gasteiger partial charge in [-0.2, -0.15) is 0 Å². The van der Waals surface area contributed by atoms with Gasteiger partial charge < -0.3 is 4.74 Å². The van der Waals surface area contributed by atoms with Gasteiger partial charge in [0.1, 0.15) is 0 Å². The highest BCUT2D eigenvalue weighted by Crippen LogP contribution is 2.23. The van der Waals surface area contributed by atoms with Gasteiger partial charge in [-0.3, -0.25) is 0 Å². The first kappa shape index (κ1) is 8.12. The van der Waals surface area contributed by atoms with Gasteiger partial charge in [-0.15, -0.1) is 0 Å². The van der Waals surface area contributed by atoms with Crippen LogP contribution in [0.2, 0.25) is 0 Å². The van der Waals surface area contributed by atoms with Crippen molar-refractivity contribution in [3.05, 3.63) is 35.3 Å². The van der Waals surface area contributed by atoms with Crippen LogP contribution in [0.4, 0.5) is 0 Å². The van der Waals surface area contributed by atoms with Crippen LogP contribution in [0, 0.1) is 0 Å². The van der Waals surface area contributed by atoms with E-state index in [-0.39, 0.29) is 0 Å². The number of allylic oxidation sites excluding steroid dienone is 4. The number of ether oxygens (including phenoxy) is 1. The minimum Gasteiger partial charge on any atom is -0.472 e. The Morgan fingerprint density at radius 1 is 1.27 bits per heavy atom. The van der Waals surface area contributed by atoms with Crippen LogP contribution < -0.4 is 0 Å². The number of hydrogen-bond acceptors (Lipinski definition) is 1. The highest BCUT2D eigenvalue weighted by molar-refractivity contribution is 5.45. The Hall–Kier alpha value is -0.980. The Balaban J connectivity index is 2.89. The Labute approximate surface area is 68.1 Å². The molecule has 0 bridgehead atoms. The summed E-state index contributed by atoms with van der Waals surface area (Å²) in [7, 11) is 0. The largest absolute Gasteiger partial charge is 0.472 e. The van der Waals surface area contributed by atoms with Crippen LogP contribution in [-0.4, -0.2) is 0 Å². The van der Waals surface area contributed by atoms with Gasteiger partial charge in [0.05, 0.1) is 12.5 Å². The molecule has 0 spiro atoms. The lowest BCUT2D eigenvalue weighted by Gasteiger charge is -2.12. The summed E-state index contributed by atoms with van der Waals surface area (Å²) >= 11 is 0. The Kier molecular flexibility index (Phi) is 2.53. The fourth-order valence-corrected chi connectivity index (χ4v) is 1.20. The molecular weight excluding hydrogens is 136 g/mol. The molecule has 0 aromatic heterocycles. The van der Waals surface area contributed by atoms with Crippen molar-refractivity contribution in [1.82, 2.24) is 0 Å². The van der Waals surface area contributed by atoms with Gasteiger partial charge in [-0.1, -0.05) is 13.0 Å². The van der Waals surface area contributed by atoms with Gasteiger partial charge in [0.2, 0.25) is 0 Å². The lowest BCUT2D eigenvalue weighted by atomic mass is 10.00. The lowest BCUT2D eigenvalue weighted by Crippen LogP contribution is -1.94. The summed E-state index contributed by atoms with van der Waals surface area (Å²) in [6.45, 7) is 6.28. The molecule has 0 amide bonds. The predicted molar refractivity (Wildman–Crippen MR) is 47.0 cm³/mol. The maximum Gasteiger partial charge on any atom is 0.0936 e. The van der Waals surface area contributed by atoms with E-state index in [1.54, 1.807) is 12.5 Å². The van der Waals surface area contributed by atoms with E-state index in [1.165, 1.54) is 16.7 Å². The standard InChI is InChI=1S/C10H14O/c1-4-5-10-8(2)6-11-7-9(10)3/h5-7H,4H2,1-3H3. The highest BCUT2D eigenvalue weighted by atomic mass is 16.5. The number of rotatable bonds is 1. The molecule has 1 nitrogen and oxygen atoms in total. The van der Waals surface area contributed by atoms with Crippen molar-refractivity contribution < 1.29 is 4.74 Å². The van der Waals surface area contributed by atoms with E-state index in [2.05, 4.69) is 26.8 Å². The lowest BCUT2D eigenvalue weighted by molar-refractivity contribution is 0.389. The zero-order valence-corrected chi connectivity index (χ0v) is 7.35. The predicted octanol–water partition coefficient (Wildman–Crippen LogP) is 3.16. The van der Waals surface area contributed by atoms with Gasteiger partial charge in [0, 0.05) is 0 Å². The molecule has 1 heterocycles. The van der Waals surface area contributed by atoms with Gasteiger partial charge in [0.25, 0.3) is 0 Å². The van der Waals surface area contributed by atoms with E-state index in [4.69, 9.17) is 4.74 Å². The molecule has 0 fully saturated rings. The van der Waals surface area contributed by atoms with E-state index >= 15 is 0 Å². The van der Waals surface area contributed by atoms with Gasteiger partial charge in [-0.25, -0.2) is 0 Å². The summed E-state index contributed by atoms with van der Waals surface area (Å²) in [5.74, 6) is 0. The van der Waals surface area contributed by atoms with Crippen LogP contribution in [0.5, 0.6) is 0 Å². The molecule has 1 aliphatic rings. The molecule has 1 rings (SSSR count). The second-order valence-electron chi connectivity index (χ2n) is 2.76. The topological polar surface area (TPSA) is 9.23 Å². The molecule has 11 heavy (non-hydrogen) atoms. The molecule has 0 aliphatic carbocycles. The van der Waals surface area contributed by atoms with E-state index in [1.807, 2.05) is 0 Å². The fraction of sp³-hybridized carbons (Fsp3) is 0.400. The molecule has 0 saturated heterocycles. The fourth-order valence-electron chi connectivity index (χ4n) is 1.20. The van der Waals surface area contributed by atoms with E-state index in [0.717, 1.165) is 6.42 Å². The van der Waals surface area contributed by atoms with Crippen LogP contribution in [0.1, 0.15) is 27.2 Å². The van der Waals surface area contributed by atoms with Crippen molar-refractivity contribution >= 4 is 0 Å². The third-order valence-electron chi connectivity index (χ3n) is 1.75. The molecule has 0 atom stereocenters. The zero-order valence-electron chi connectivity index (χ0n) is 7.35. The van der Waals surface area contributed by atoms with Crippen LogP contribution >= 0.6 is 0 Å². The molecule has 1 heteroatoms. The molecular formula is C10H14O. The Bertz CT molecular complexity index is 211. The average Bonchev–Trinajstić information content (AvgIpc) is 1.97. The SMILES string of the molecule is CCC=C1C(C)=COC=C1C. The Morgan fingerprint density at radius 3 is 2.27 bits per heavy atom. The quantitative estimate of drug-likeness (QED) is 0.558. The normalized spacial score (nSPS) is 16.8. The van der Waals surface area contributed by atoms with Crippen LogP contribution in [0.25, 0.3) is 0 Å². The summed E-state index contributed by atoms with van der Waals surface area (Å²) in [5, 5.41) is 0. The third-order valence-corrected chi connectivity index (χ3v) is 1.75. The monoisotopic (exact) mass is 150 g/mol. The van der Waals surface area contributed by atoms with Crippen LogP contribution in [0.15, 0.2) is 35.3 Å². The van der Waals surface area contributed by atoms with Gasteiger partial charge >= 0.3 is 0 Å². The molecule has 0 unspecified atom stereocenters. The van der Waals surface area contributed by atoms with E-state index in [9.17, 15) is 0 Å². The third kappa shape index (κ3) is 1.73.